The highest BCUT2D eigenvalue weighted by Gasteiger charge is 2.29. The fourth-order valence-corrected chi connectivity index (χ4v) is 5.07. The fourth-order valence-electron chi connectivity index (χ4n) is 4.56. The van der Waals surface area contributed by atoms with Gasteiger partial charge >= 0.3 is 0 Å². The van der Waals surface area contributed by atoms with Crippen LogP contribution in [0.25, 0.3) is 17.0 Å². The predicted octanol–water partition coefficient (Wildman–Crippen LogP) is 7.17. The van der Waals surface area contributed by atoms with E-state index in [9.17, 15) is 4.39 Å². The van der Waals surface area contributed by atoms with E-state index in [0.717, 1.165) is 37.4 Å². The number of hydrogen-bond donors (Lipinski definition) is 0. The van der Waals surface area contributed by atoms with Gasteiger partial charge in [0, 0.05) is 47.9 Å². The summed E-state index contributed by atoms with van der Waals surface area (Å²) in [5.41, 5.74) is 3.80. The summed E-state index contributed by atoms with van der Waals surface area (Å²) < 4.78 is 19.7. The lowest BCUT2D eigenvalue weighted by Crippen LogP contribution is -2.46. The Bertz CT molecular complexity index is 1330. The number of halogens is 3. The first-order chi connectivity index (χ1) is 17.0. The molecule has 0 radical (unpaired) electrons. The van der Waals surface area contributed by atoms with Crippen molar-refractivity contribution in [2.24, 2.45) is 0 Å². The van der Waals surface area contributed by atoms with Crippen molar-refractivity contribution in [2.45, 2.75) is 6.04 Å². The molecular formula is C28H24Cl2FN3O. The smallest absolute Gasteiger partial charge is 0.182 e. The van der Waals surface area contributed by atoms with E-state index in [4.69, 9.17) is 27.7 Å². The quantitative estimate of drug-likeness (QED) is 0.277. The van der Waals surface area contributed by atoms with Crippen molar-refractivity contribution in [2.75, 3.05) is 26.2 Å². The molecule has 4 aromatic rings. The van der Waals surface area contributed by atoms with Gasteiger partial charge in [-0.25, -0.2) is 4.39 Å². The lowest BCUT2D eigenvalue weighted by Gasteiger charge is -2.41. The third-order valence-electron chi connectivity index (χ3n) is 6.38. The largest absolute Gasteiger partial charge is 0.366 e. The van der Waals surface area contributed by atoms with Gasteiger partial charge in [-0.1, -0.05) is 83.5 Å². The highest BCUT2D eigenvalue weighted by atomic mass is 35.5. The summed E-state index contributed by atoms with van der Waals surface area (Å²) in [6.45, 7) is 7.33. The Hall–Kier alpha value is -3.12. The molecule has 0 N–H and O–H groups in total. The average Bonchev–Trinajstić information content (AvgIpc) is 3.36. The minimum atomic E-state index is -0.334. The number of rotatable bonds is 6. The summed E-state index contributed by atoms with van der Waals surface area (Å²) in [5.74, 6) is 0.205. The van der Waals surface area contributed by atoms with Crippen LogP contribution in [0.2, 0.25) is 10.0 Å². The third-order valence-corrected chi connectivity index (χ3v) is 6.94. The summed E-state index contributed by atoms with van der Waals surface area (Å²) in [5, 5.41) is 5.34. The normalized spacial score (nSPS) is 15.2. The molecule has 3 aromatic carbocycles. The van der Waals surface area contributed by atoms with E-state index in [1.54, 1.807) is 30.3 Å². The second-order valence-electron chi connectivity index (χ2n) is 8.51. The second kappa shape index (κ2) is 10.2. The van der Waals surface area contributed by atoms with Gasteiger partial charge in [0.05, 0.1) is 11.7 Å². The van der Waals surface area contributed by atoms with Crippen molar-refractivity contribution in [1.82, 2.24) is 15.0 Å². The van der Waals surface area contributed by atoms with E-state index in [1.165, 1.54) is 11.6 Å². The van der Waals surface area contributed by atoms with E-state index in [-0.39, 0.29) is 11.9 Å². The topological polar surface area (TPSA) is 32.5 Å². The Kier molecular flexibility index (Phi) is 6.91. The van der Waals surface area contributed by atoms with Gasteiger partial charge in [-0.2, -0.15) is 0 Å². The molecule has 0 amide bonds. The Balaban J connectivity index is 1.33. The fraction of sp³-hybridized carbons (Fsp3) is 0.179. The zero-order chi connectivity index (χ0) is 24.4. The summed E-state index contributed by atoms with van der Waals surface area (Å²) in [7, 11) is 0. The van der Waals surface area contributed by atoms with Crippen LogP contribution in [0.5, 0.6) is 0 Å². The maximum absolute atomic E-state index is 14.2. The maximum Gasteiger partial charge on any atom is 0.182 e. The molecule has 1 saturated heterocycles. The molecule has 1 fully saturated rings. The van der Waals surface area contributed by atoms with Crippen LogP contribution in [0.15, 0.2) is 90.0 Å². The third kappa shape index (κ3) is 4.98. The predicted molar refractivity (Wildman–Crippen MR) is 139 cm³/mol. The Morgan fingerprint density at radius 3 is 2.34 bits per heavy atom. The standard InChI is InChI=1S/C28H24Cl2FN3O/c1-19(27-18-26(32-35-27)23-9-5-6-10-25(23)31)33-13-15-34(16-14-33)28(20-7-3-2-4-8-20)22-12-11-21(29)17-24(22)30/h2-12,17-18,28H,1,13-16H2. The van der Waals surface area contributed by atoms with Crippen LogP contribution in [0.3, 0.4) is 0 Å². The number of aromatic nitrogens is 1. The van der Waals surface area contributed by atoms with Crippen LogP contribution in [-0.4, -0.2) is 41.1 Å². The van der Waals surface area contributed by atoms with E-state index >= 15 is 0 Å². The Labute approximate surface area is 214 Å². The highest BCUT2D eigenvalue weighted by Crippen LogP contribution is 2.36. The molecule has 0 spiro atoms. The molecule has 4 nitrogen and oxygen atoms in total. The monoisotopic (exact) mass is 507 g/mol. The summed E-state index contributed by atoms with van der Waals surface area (Å²) in [4.78, 5) is 4.59. The average molecular weight is 508 g/mol. The lowest BCUT2D eigenvalue weighted by atomic mass is 9.96. The molecule has 1 aliphatic rings. The zero-order valence-corrected chi connectivity index (χ0v) is 20.5. The number of nitrogens with zero attached hydrogens (tertiary/aromatic N) is 3. The molecule has 0 saturated carbocycles. The van der Waals surface area contributed by atoms with Crippen LogP contribution < -0.4 is 0 Å². The van der Waals surface area contributed by atoms with Crippen molar-refractivity contribution < 1.29 is 8.91 Å². The van der Waals surface area contributed by atoms with Crippen molar-refractivity contribution in [3.63, 3.8) is 0 Å². The summed E-state index contributed by atoms with van der Waals surface area (Å²) >= 11 is 12.8. The minimum Gasteiger partial charge on any atom is -0.366 e. The molecule has 7 heteroatoms. The van der Waals surface area contributed by atoms with Crippen LogP contribution in [0, 0.1) is 5.82 Å². The Morgan fingerprint density at radius 1 is 0.914 bits per heavy atom. The van der Waals surface area contributed by atoms with Crippen molar-refractivity contribution >= 4 is 28.9 Å². The summed E-state index contributed by atoms with van der Waals surface area (Å²) in [6.07, 6.45) is 0. The molecule has 0 aliphatic carbocycles. The maximum atomic E-state index is 14.2. The van der Waals surface area contributed by atoms with Gasteiger partial charge in [-0.15, -0.1) is 0 Å². The molecular weight excluding hydrogens is 484 g/mol. The first-order valence-electron chi connectivity index (χ1n) is 11.4. The van der Waals surface area contributed by atoms with Gasteiger partial charge in [0.25, 0.3) is 0 Å². The molecule has 1 unspecified atom stereocenters. The molecule has 1 aromatic heterocycles. The van der Waals surface area contributed by atoms with Gasteiger partial charge in [0.15, 0.2) is 5.76 Å². The second-order valence-corrected chi connectivity index (χ2v) is 9.35. The van der Waals surface area contributed by atoms with Gasteiger partial charge in [0.2, 0.25) is 0 Å². The number of hydrogen-bond acceptors (Lipinski definition) is 4. The lowest BCUT2D eigenvalue weighted by molar-refractivity contribution is 0.143. The van der Waals surface area contributed by atoms with E-state index in [2.05, 4.69) is 33.7 Å². The van der Waals surface area contributed by atoms with E-state index < -0.39 is 0 Å². The van der Waals surface area contributed by atoms with Crippen molar-refractivity contribution in [3.05, 3.63) is 118 Å². The van der Waals surface area contributed by atoms with Gasteiger partial charge in [-0.05, 0) is 35.4 Å². The molecule has 1 atom stereocenters. The van der Waals surface area contributed by atoms with Crippen molar-refractivity contribution in [1.29, 1.82) is 0 Å². The van der Waals surface area contributed by atoms with Crippen molar-refractivity contribution in [3.8, 4) is 11.3 Å². The SMILES string of the molecule is C=C(c1cc(-c2ccccc2F)no1)N1CCN(C(c2ccccc2)c2ccc(Cl)cc2Cl)CC1. The van der Waals surface area contributed by atoms with E-state index in [0.29, 0.717) is 27.1 Å². The van der Waals surface area contributed by atoms with E-state index in [1.807, 2.05) is 30.3 Å². The first-order valence-corrected chi connectivity index (χ1v) is 12.2. The summed E-state index contributed by atoms with van der Waals surface area (Å²) in [6, 6.07) is 24.3. The highest BCUT2D eigenvalue weighted by molar-refractivity contribution is 6.35. The van der Waals surface area contributed by atoms with Crippen LogP contribution >= 0.6 is 23.2 Å². The first kappa shape index (κ1) is 23.6. The molecule has 2 heterocycles. The van der Waals surface area contributed by atoms with Gasteiger partial charge in [0.1, 0.15) is 11.5 Å². The minimum absolute atomic E-state index is 0.00863. The molecule has 0 bridgehead atoms. The van der Waals surface area contributed by atoms with Gasteiger partial charge < -0.3 is 9.42 Å². The molecule has 1 aliphatic heterocycles. The number of benzene rings is 3. The number of piperazine rings is 1. The van der Waals surface area contributed by atoms with Gasteiger partial charge in [-0.3, -0.25) is 4.90 Å². The molecule has 178 valence electrons. The molecule has 5 rings (SSSR count). The van der Waals surface area contributed by atoms with Crippen LogP contribution in [0.4, 0.5) is 4.39 Å². The zero-order valence-electron chi connectivity index (χ0n) is 19.0. The van der Waals surface area contributed by atoms with Crippen LogP contribution in [-0.2, 0) is 0 Å². The van der Waals surface area contributed by atoms with Crippen LogP contribution in [0.1, 0.15) is 22.9 Å². The Morgan fingerprint density at radius 2 is 1.63 bits per heavy atom. The molecule has 35 heavy (non-hydrogen) atoms.